The number of piperidine rings is 1. The largest absolute Gasteiger partial charge is 0.393 e. The molecular weight excluding hydrogens is 292 g/mol. The fraction of sp³-hybridized carbons (Fsp3) is 0.769. The summed E-state index contributed by atoms with van der Waals surface area (Å²) < 4.78 is 28.3. The first-order chi connectivity index (χ1) is 9.86. The van der Waals surface area contributed by atoms with E-state index < -0.39 is 16.1 Å². The summed E-state index contributed by atoms with van der Waals surface area (Å²) in [7, 11) is -3.60. The zero-order valence-corrected chi connectivity index (χ0v) is 13.4. The summed E-state index contributed by atoms with van der Waals surface area (Å²) >= 11 is 0. The van der Waals surface area contributed by atoms with Crippen LogP contribution in [0.4, 0.5) is 5.82 Å². The smallest absolute Gasteiger partial charge is 0.248 e. The van der Waals surface area contributed by atoms with Crippen LogP contribution in [0.15, 0.2) is 11.1 Å². The van der Waals surface area contributed by atoms with Gasteiger partial charge in [-0.05, 0) is 32.1 Å². The van der Waals surface area contributed by atoms with Crippen molar-refractivity contribution in [2.75, 3.05) is 18.8 Å². The van der Waals surface area contributed by atoms with E-state index in [1.165, 1.54) is 10.5 Å². The molecule has 0 saturated carbocycles. The SMILES string of the molecule is CCCn1cc(S(=O)(=O)N2CCC(C(C)O)CC2)c(N)n1. The van der Waals surface area contributed by atoms with Crippen molar-refractivity contribution >= 4 is 15.8 Å². The fourth-order valence-electron chi connectivity index (χ4n) is 2.70. The second kappa shape index (κ2) is 6.33. The van der Waals surface area contributed by atoms with E-state index in [1.54, 1.807) is 11.6 Å². The topological polar surface area (TPSA) is 101 Å². The minimum atomic E-state index is -3.60. The molecule has 3 N–H and O–H groups in total. The predicted octanol–water partition coefficient (Wildman–Crippen LogP) is 0.657. The molecule has 7 nitrogen and oxygen atoms in total. The van der Waals surface area contributed by atoms with E-state index in [0.29, 0.717) is 32.5 Å². The monoisotopic (exact) mass is 316 g/mol. The van der Waals surface area contributed by atoms with Gasteiger partial charge in [0.25, 0.3) is 0 Å². The minimum absolute atomic E-state index is 0.0566. The molecule has 2 heterocycles. The third-order valence-electron chi connectivity index (χ3n) is 4.01. The van der Waals surface area contributed by atoms with Crippen LogP contribution in [0.1, 0.15) is 33.1 Å². The van der Waals surface area contributed by atoms with Gasteiger partial charge in [0, 0.05) is 25.8 Å². The lowest BCUT2D eigenvalue weighted by molar-refractivity contribution is 0.0912. The molecule has 1 aliphatic rings. The molecule has 1 fully saturated rings. The molecule has 1 aromatic heterocycles. The number of aliphatic hydroxyl groups excluding tert-OH is 1. The third-order valence-corrected chi connectivity index (χ3v) is 5.92. The summed E-state index contributed by atoms with van der Waals surface area (Å²) in [6.07, 6.45) is 3.31. The number of aliphatic hydroxyl groups is 1. The average molecular weight is 316 g/mol. The molecule has 0 amide bonds. The lowest BCUT2D eigenvalue weighted by Gasteiger charge is -2.32. The van der Waals surface area contributed by atoms with Crippen molar-refractivity contribution in [3.8, 4) is 0 Å². The molecule has 1 unspecified atom stereocenters. The Morgan fingerprint density at radius 2 is 2.10 bits per heavy atom. The fourth-order valence-corrected chi connectivity index (χ4v) is 4.23. The molecular formula is C13H24N4O3S. The van der Waals surface area contributed by atoms with Crippen molar-refractivity contribution < 1.29 is 13.5 Å². The van der Waals surface area contributed by atoms with Gasteiger partial charge in [0.2, 0.25) is 10.0 Å². The normalized spacial score (nSPS) is 19.8. The van der Waals surface area contributed by atoms with Crippen LogP contribution >= 0.6 is 0 Å². The quantitative estimate of drug-likeness (QED) is 0.831. The van der Waals surface area contributed by atoms with Crippen LogP contribution in [0.2, 0.25) is 0 Å². The lowest BCUT2D eigenvalue weighted by atomic mass is 9.93. The summed E-state index contributed by atoms with van der Waals surface area (Å²) in [6, 6.07) is 0. The van der Waals surface area contributed by atoms with Crippen molar-refractivity contribution in [3.05, 3.63) is 6.20 Å². The Bertz CT molecular complexity index is 574. The molecule has 0 radical (unpaired) electrons. The highest BCUT2D eigenvalue weighted by molar-refractivity contribution is 7.89. The van der Waals surface area contributed by atoms with Gasteiger partial charge >= 0.3 is 0 Å². The van der Waals surface area contributed by atoms with Gasteiger partial charge in [0.1, 0.15) is 4.90 Å². The molecule has 8 heteroatoms. The molecule has 0 aromatic carbocycles. The van der Waals surface area contributed by atoms with Crippen molar-refractivity contribution in [1.29, 1.82) is 0 Å². The Labute approximate surface area is 125 Å². The molecule has 1 aromatic rings. The number of aromatic nitrogens is 2. The number of rotatable bonds is 5. The second-order valence-corrected chi connectivity index (χ2v) is 7.53. The summed E-state index contributed by atoms with van der Waals surface area (Å²) in [5.41, 5.74) is 5.76. The Morgan fingerprint density at radius 1 is 1.48 bits per heavy atom. The molecule has 21 heavy (non-hydrogen) atoms. The number of aryl methyl sites for hydroxylation is 1. The number of nitrogens with zero attached hydrogens (tertiary/aromatic N) is 3. The van der Waals surface area contributed by atoms with Crippen LogP contribution in [-0.2, 0) is 16.6 Å². The van der Waals surface area contributed by atoms with Crippen LogP contribution in [0.3, 0.4) is 0 Å². The summed E-state index contributed by atoms with van der Waals surface area (Å²) in [4.78, 5) is 0.0893. The van der Waals surface area contributed by atoms with Crippen molar-refractivity contribution in [1.82, 2.24) is 14.1 Å². The highest BCUT2D eigenvalue weighted by Crippen LogP contribution is 2.27. The van der Waals surface area contributed by atoms with Gasteiger partial charge in [-0.3, -0.25) is 4.68 Å². The molecule has 1 atom stereocenters. The molecule has 120 valence electrons. The summed E-state index contributed by atoms with van der Waals surface area (Å²) in [5.74, 6) is 0.220. The third kappa shape index (κ3) is 3.38. The van der Waals surface area contributed by atoms with E-state index in [1.807, 2.05) is 6.92 Å². The molecule has 1 saturated heterocycles. The maximum absolute atomic E-state index is 12.6. The van der Waals surface area contributed by atoms with Crippen LogP contribution in [0.5, 0.6) is 0 Å². The first kappa shape index (κ1) is 16.3. The van der Waals surface area contributed by atoms with Gasteiger partial charge in [-0.25, -0.2) is 8.42 Å². The second-order valence-electron chi connectivity index (χ2n) is 5.62. The molecule has 0 bridgehead atoms. The van der Waals surface area contributed by atoms with E-state index in [4.69, 9.17) is 5.73 Å². The maximum atomic E-state index is 12.6. The lowest BCUT2D eigenvalue weighted by Crippen LogP contribution is -2.40. The first-order valence-electron chi connectivity index (χ1n) is 7.37. The number of anilines is 1. The standard InChI is InChI=1S/C13H24N4O3S/c1-3-6-16-9-12(13(14)15-16)21(19,20)17-7-4-11(5-8-17)10(2)18/h9-11,18H,3-8H2,1-2H3,(H2,14,15). The number of nitrogens with two attached hydrogens (primary N) is 1. The predicted molar refractivity (Wildman–Crippen MR) is 80.1 cm³/mol. The van der Waals surface area contributed by atoms with E-state index in [2.05, 4.69) is 5.10 Å². The van der Waals surface area contributed by atoms with Crippen LogP contribution in [0, 0.1) is 5.92 Å². The van der Waals surface area contributed by atoms with Gasteiger partial charge < -0.3 is 10.8 Å². The Hall–Kier alpha value is -1.12. The van der Waals surface area contributed by atoms with Crippen LogP contribution in [0.25, 0.3) is 0 Å². The van der Waals surface area contributed by atoms with E-state index in [9.17, 15) is 13.5 Å². The van der Waals surface area contributed by atoms with Crippen molar-refractivity contribution in [2.45, 2.75) is 50.7 Å². The molecule has 0 aliphatic carbocycles. The Kier molecular flexibility index (Phi) is 4.90. The zero-order chi connectivity index (χ0) is 15.6. The average Bonchev–Trinajstić information content (AvgIpc) is 2.81. The first-order valence-corrected chi connectivity index (χ1v) is 8.81. The van der Waals surface area contributed by atoms with Gasteiger partial charge in [-0.2, -0.15) is 9.40 Å². The van der Waals surface area contributed by atoms with Crippen LogP contribution < -0.4 is 5.73 Å². The summed E-state index contributed by atoms with van der Waals surface area (Å²) in [5, 5.41) is 13.6. The van der Waals surface area contributed by atoms with Gasteiger partial charge in [0.15, 0.2) is 5.82 Å². The molecule has 0 spiro atoms. The van der Waals surface area contributed by atoms with E-state index >= 15 is 0 Å². The van der Waals surface area contributed by atoms with Crippen molar-refractivity contribution in [3.63, 3.8) is 0 Å². The highest BCUT2D eigenvalue weighted by atomic mass is 32.2. The zero-order valence-electron chi connectivity index (χ0n) is 12.6. The Morgan fingerprint density at radius 3 is 2.62 bits per heavy atom. The minimum Gasteiger partial charge on any atom is -0.393 e. The Balaban J connectivity index is 2.15. The number of hydrogen-bond acceptors (Lipinski definition) is 5. The number of nitrogen functional groups attached to an aromatic ring is 1. The van der Waals surface area contributed by atoms with Gasteiger partial charge in [-0.1, -0.05) is 6.92 Å². The van der Waals surface area contributed by atoms with E-state index in [0.717, 1.165) is 6.42 Å². The maximum Gasteiger partial charge on any atom is 0.248 e. The van der Waals surface area contributed by atoms with Gasteiger partial charge in [0.05, 0.1) is 6.10 Å². The van der Waals surface area contributed by atoms with Gasteiger partial charge in [-0.15, -0.1) is 0 Å². The number of sulfonamides is 1. The number of hydrogen-bond donors (Lipinski definition) is 2. The highest BCUT2D eigenvalue weighted by Gasteiger charge is 2.33. The molecule has 2 rings (SSSR count). The van der Waals surface area contributed by atoms with Crippen molar-refractivity contribution in [2.24, 2.45) is 5.92 Å². The molecule has 1 aliphatic heterocycles. The van der Waals surface area contributed by atoms with E-state index in [-0.39, 0.29) is 16.6 Å². The summed E-state index contributed by atoms with van der Waals surface area (Å²) in [6.45, 7) is 5.21. The van der Waals surface area contributed by atoms with Crippen LogP contribution in [-0.4, -0.2) is 46.8 Å².